The van der Waals surface area contributed by atoms with Gasteiger partial charge in [0.25, 0.3) is 5.91 Å². The summed E-state index contributed by atoms with van der Waals surface area (Å²) in [5.41, 5.74) is 0.542. The fourth-order valence-electron chi connectivity index (χ4n) is 3.68. The van der Waals surface area contributed by atoms with Gasteiger partial charge in [0.1, 0.15) is 24.2 Å². The maximum absolute atomic E-state index is 12.6. The Balaban J connectivity index is 1.50. The van der Waals surface area contributed by atoms with Crippen LogP contribution >= 0.6 is 0 Å². The number of ether oxygens (including phenoxy) is 1. The van der Waals surface area contributed by atoms with Gasteiger partial charge < -0.3 is 19.8 Å². The molecular formula is C19H27N5O4. The first-order valence-electron chi connectivity index (χ1n) is 9.48. The van der Waals surface area contributed by atoms with E-state index in [2.05, 4.69) is 20.7 Å². The summed E-state index contributed by atoms with van der Waals surface area (Å²) in [6.07, 6.45) is 4.82. The number of methoxy groups -OCH3 is 1. The predicted molar refractivity (Wildman–Crippen MR) is 101 cm³/mol. The van der Waals surface area contributed by atoms with Crippen molar-refractivity contribution in [3.05, 3.63) is 35.8 Å². The molecule has 9 heteroatoms. The molecule has 152 valence electrons. The highest BCUT2D eigenvalue weighted by molar-refractivity contribution is 5.95. The average molecular weight is 389 g/mol. The molecule has 1 saturated carbocycles. The summed E-state index contributed by atoms with van der Waals surface area (Å²) in [5, 5.41) is 9.99. The minimum absolute atomic E-state index is 0.00763. The fourth-order valence-corrected chi connectivity index (χ4v) is 3.68. The van der Waals surface area contributed by atoms with Crippen LogP contribution in [0.2, 0.25) is 0 Å². The number of aryl methyl sites for hydroxylation is 2. The Morgan fingerprint density at radius 1 is 1.36 bits per heavy atom. The van der Waals surface area contributed by atoms with Crippen molar-refractivity contribution in [3.8, 4) is 0 Å². The molecule has 2 aromatic rings. The Kier molecular flexibility index (Phi) is 6.45. The van der Waals surface area contributed by atoms with Crippen LogP contribution in [0.5, 0.6) is 0 Å². The molecule has 0 saturated heterocycles. The summed E-state index contributed by atoms with van der Waals surface area (Å²) in [6.45, 7) is 4.66. The molecule has 0 spiro atoms. The molecule has 28 heavy (non-hydrogen) atoms. The fraction of sp³-hybridized carbons (Fsp3) is 0.579. The van der Waals surface area contributed by atoms with Crippen LogP contribution < -0.4 is 10.6 Å². The minimum atomic E-state index is -0.211. The highest BCUT2D eigenvalue weighted by Gasteiger charge is 2.35. The summed E-state index contributed by atoms with van der Waals surface area (Å²) >= 11 is 0. The molecule has 9 nitrogen and oxygen atoms in total. The number of nitrogens with one attached hydrogen (secondary N) is 2. The number of carbonyl (C=O) groups is 2. The van der Waals surface area contributed by atoms with E-state index < -0.39 is 0 Å². The number of furan rings is 1. The Hall–Kier alpha value is -2.68. The highest BCUT2D eigenvalue weighted by Crippen LogP contribution is 2.27. The number of amides is 2. The molecule has 0 unspecified atom stereocenters. The van der Waals surface area contributed by atoms with Crippen LogP contribution in [0.25, 0.3) is 0 Å². The Labute approximate surface area is 163 Å². The molecule has 3 rings (SSSR count). The lowest BCUT2D eigenvalue weighted by Gasteiger charge is -2.35. The lowest BCUT2D eigenvalue weighted by molar-refractivity contribution is -0.128. The second kappa shape index (κ2) is 9.01. The second-order valence-electron chi connectivity index (χ2n) is 7.14. The third-order valence-corrected chi connectivity index (χ3v) is 5.17. The molecule has 0 bridgehead atoms. The molecule has 2 amide bonds. The van der Waals surface area contributed by atoms with Gasteiger partial charge in [-0.15, -0.1) is 0 Å². The second-order valence-corrected chi connectivity index (χ2v) is 7.14. The lowest BCUT2D eigenvalue weighted by atomic mass is 9.83. The van der Waals surface area contributed by atoms with Crippen LogP contribution in [0.4, 0.5) is 0 Å². The van der Waals surface area contributed by atoms with Gasteiger partial charge in [-0.2, -0.15) is 5.10 Å². The molecule has 2 heterocycles. The van der Waals surface area contributed by atoms with Gasteiger partial charge in [-0.05, 0) is 39.2 Å². The maximum atomic E-state index is 12.6. The van der Waals surface area contributed by atoms with Gasteiger partial charge in [0.15, 0.2) is 0 Å². The van der Waals surface area contributed by atoms with E-state index in [-0.39, 0.29) is 29.9 Å². The maximum Gasteiger partial charge on any atom is 0.255 e. The Morgan fingerprint density at radius 3 is 2.82 bits per heavy atom. The van der Waals surface area contributed by atoms with Crippen LogP contribution in [0, 0.1) is 19.8 Å². The molecule has 2 N–H and O–H groups in total. The first-order valence-corrected chi connectivity index (χ1v) is 9.48. The quantitative estimate of drug-likeness (QED) is 0.736. The van der Waals surface area contributed by atoms with E-state index in [4.69, 9.17) is 9.15 Å². The summed E-state index contributed by atoms with van der Waals surface area (Å²) < 4.78 is 12.7. The third kappa shape index (κ3) is 4.78. The van der Waals surface area contributed by atoms with Gasteiger partial charge in [0.2, 0.25) is 5.91 Å². The Morgan fingerprint density at radius 2 is 2.18 bits per heavy atom. The van der Waals surface area contributed by atoms with Crippen molar-refractivity contribution < 1.29 is 18.7 Å². The monoisotopic (exact) mass is 389 g/mol. The van der Waals surface area contributed by atoms with Gasteiger partial charge in [0.05, 0.1) is 24.3 Å². The number of nitrogens with zero attached hydrogens (tertiary/aromatic N) is 3. The molecule has 0 aliphatic heterocycles. The number of hydrogen-bond donors (Lipinski definition) is 2. The van der Waals surface area contributed by atoms with Crippen LogP contribution in [0.3, 0.4) is 0 Å². The minimum Gasteiger partial charge on any atom is -0.466 e. The summed E-state index contributed by atoms with van der Waals surface area (Å²) in [5.74, 6) is 1.01. The highest BCUT2D eigenvalue weighted by atomic mass is 16.5. The summed E-state index contributed by atoms with van der Waals surface area (Å²) in [7, 11) is 1.61. The van der Waals surface area contributed by atoms with E-state index in [1.807, 2.05) is 6.92 Å². The van der Waals surface area contributed by atoms with Crippen molar-refractivity contribution in [3.63, 3.8) is 0 Å². The van der Waals surface area contributed by atoms with Crippen molar-refractivity contribution in [1.82, 2.24) is 25.4 Å². The number of aromatic nitrogens is 3. The topological polar surface area (TPSA) is 111 Å². The van der Waals surface area contributed by atoms with Crippen LogP contribution in [0.1, 0.15) is 41.1 Å². The summed E-state index contributed by atoms with van der Waals surface area (Å²) in [4.78, 5) is 28.9. The zero-order valence-electron chi connectivity index (χ0n) is 16.5. The van der Waals surface area contributed by atoms with Crippen molar-refractivity contribution in [2.45, 2.75) is 51.8 Å². The van der Waals surface area contributed by atoms with E-state index in [9.17, 15) is 9.59 Å². The lowest BCUT2D eigenvalue weighted by Crippen LogP contribution is -2.50. The molecule has 1 aliphatic carbocycles. The van der Waals surface area contributed by atoms with Gasteiger partial charge in [-0.3, -0.25) is 14.3 Å². The van der Waals surface area contributed by atoms with E-state index in [0.717, 1.165) is 0 Å². The molecule has 1 fully saturated rings. The normalized spacial score (nSPS) is 22.0. The van der Waals surface area contributed by atoms with Gasteiger partial charge in [-0.25, -0.2) is 4.98 Å². The van der Waals surface area contributed by atoms with E-state index in [0.29, 0.717) is 49.4 Å². The van der Waals surface area contributed by atoms with Gasteiger partial charge in [0, 0.05) is 19.6 Å². The zero-order chi connectivity index (χ0) is 20.1. The standard InChI is InChI=1S/C19H27N5O4/c1-12-8-15(13(2)28-12)19(26)23-16-5-4-14(9-17(16)27-3)18(25)21-6-7-24-11-20-10-22-24/h8,10-11,14,16-17H,4-7,9H2,1-3H3,(H,21,25)(H,23,26)/t14-,16-,17-/m0/s1. The molecule has 0 radical (unpaired) electrons. The largest absolute Gasteiger partial charge is 0.466 e. The molecule has 1 aliphatic rings. The van der Waals surface area contributed by atoms with Crippen LogP contribution in [0.15, 0.2) is 23.1 Å². The van der Waals surface area contributed by atoms with Crippen LogP contribution in [-0.4, -0.2) is 52.4 Å². The molecule has 2 aromatic heterocycles. The van der Waals surface area contributed by atoms with Crippen molar-refractivity contribution in [2.75, 3.05) is 13.7 Å². The number of hydrogen-bond acceptors (Lipinski definition) is 6. The summed E-state index contributed by atoms with van der Waals surface area (Å²) in [6, 6.07) is 1.60. The van der Waals surface area contributed by atoms with Crippen molar-refractivity contribution >= 4 is 11.8 Å². The van der Waals surface area contributed by atoms with Crippen molar-refractivity contribution in [1.29, 1.82) is 0 Å². The van der Waals surface area contributed by atoms with Gasteiger partial charge in [-0.1, -0.05) is 0 Å². The first-order chi connectivity index (χ1) is 13.5. The van der Waals surface area contributed by atoms with Gasteiger partial charge >= 0.3 is 0 Å². The number of carbonyl (C=O) groups excluding carboxylic acids is 2. The van der Waals surface area contributed by atoms with Crippen molar-refractivity contribution in [2.24, 2.45) is 5.92 Å². The van der Waals surface area contributed by atoms with E-state index >= 15 is 0 Å². The number of rotatable bonds is 7. The molecule has 0 aromatic carbocycles. The Bertz CT molecular complexity index is 801. The van der Waals surface area contributed by atoms with E-state index in [1.165, 1.54) is 6.33 Å². The van der Waals surface area contributed by atoms with E-state index in [1.54, 1.807) is 31.1 Å². The third-order valence-electron chi connectivity index (χ3n) is 5.17. The average Bonchev–Trinajstić information content (AvgIpc) is 3.31. The molecular weight excluding hydrogens is 362 g/mol. The zero-order valence-corrected chi connectivity index (χ0v) is 16.5. The predicted octanol–water partition coefficient (Wildman–Crippen LogP) is 1.22. The first kappa shape index (κ1) is 20.1. The smallest absolute Gasteiger partial charge is 0.255 e. The SMILES string of the molecule is CO[C@H]1C[C@@H](C(=O)NCCn2cncn2)CC[C@@H]1NC(=O)c1cc(C)oc1C. The molecule has 3 atom stereocenters. The van der Waals surface area contributed by atoms with Crippen LogP contribution in [-0.2, 0) is 16.1 Å².